The average molecular weight is 174 g/mol. The number of rotatable bonds is 3. The Balaban J connectivity index is 2.71. The van der Waals surface area contributed by atoms with Gasteiger partial charge in [-0.1, -0.05) is 6.92 Å². The van der Waals surface area contributed by atoms with Crippen LogP contribution in [0.4, 0.5) is 0 Å². The molecule has 1 unspecified atom stereocenters. The van der Waals surface area contributed by atoms with Crippen LogP contribution in [-0.2, 0) is 14.3 Å². The van der Waals surface area contributed by atoms with E-state index in [0.29, 0.717) is 19.6 Å². The fourth-order valence-electron chi connectivity index (χ4n) is 1.42. The van der Waals surface area contributed by atoms with Gasteiger partial charge in [-0.2, -0.15) is 0 Å². The van der Waals surface area contributed by atoms with Crippen molar-refractivity contribution in [2.24, 2.45) is 5.92 Å². The van der Waals surface area contributed by atoms with Crippen molar-refractivity contribution in [3.8, 4) is 0 Å². The Morgan fingerprint density at radius 2 is 2.08 bits per heavy atom. The molecule has 0 aromatic rings. The normalized spacial score (nSPS) is 23.8. The minimum Gasteiger partial charge on any atom is -0.481 e. The second-order valence-electron chi connectivity index (χ2n) is 2.92. The predicted octanol–water partition coefficient (Wildman–Crippen LogP) is 0.860. The van der Waals surface area contributed by atoms with Crippen LogP contribution in [0.25, 0.3) is 0 Å². The second kappa shape index (κ2) is 3.41. The predicted molar refractivity (Wildman–Crippen MR) is 41.7 cm³/mol. The zero-order chi connectivity index (χ0) is 9.19. The van der Waals surface area contributed by atoms with E-state index in [0.717, 1.165) is 0 Å². The molecule has 1 aliphatic rings. The van der Waals surface area contributed by atoms with Crippen LogP contribution >= 0.6 is 0 Å². The smallest absolute Gasteiger partial charge is 0.311 e. The molecule has 12 heavy (non-hydrogen) atoms. The second-order valence-corrected chi connectivity index (χ2v) is 2.92. The molecule has 1 atom stereocenters. The molecule has 0 aliphatic carbocycles. The number of hydrogen-bond acceptors (Lipinski definition) is 3. The Morgan fingerprint density at radius 3 is 2.42 bits per heavy atom. The van der Waals surface area contributed by atoms with Crippen LogP contribution in [0.15, 0.2) is 0 Å². The molecule has 1 heterocycles. The first kappa shape index (κ1) is 9.48. The highest BCUT2D eigenvalue weighted by atomic mass is 16.7. The minimum absolute atomic E-state index is 0.492. The van der Waals surface area contributed by atoms with Gasteiger partial charge in [0.1, 0.15) is 5.92 Å². The topological polar surface area (TPSA) is 55.8 Å². The summed E-state index contributed by atoms with van der Waals surface area (Å²) in [6.07, 6.45) is 0.570. The minimum atomic E-state index is -0.883. The molecule has 0 amide bonds. The molecule has 1 fully saturated rings. The Kier molecular flexibility index (Phi) is 2.69. The largest absolute Gasteiger partial charge is 0.481 e. The number of hydrogen-bond donors (Lipinski definition) is 1. The van der Waals surface area contributed by atoms with Crippen molar-refractivity contribution < 1.29 is 19.4 Å². The lowest BCUT2D eigenvalue weighted by Crippen LogP contribution is -2.41. The summed E-state index contributed by atoms with van der Waals surface area (Å²) in [4.78, 5) is 10.7. The first-order valence-corrected chi connectivity index (χ1v) is 4.13. The molecule has 4 heteroatoms. The van der Waals surface area contributed by atoms with E-state index in [2.05, 4.69) is 0 Å². The van der Waals surface area contributed by atoms with Crippen molar-refractivity contribution >= 4 is 5.97 Å². The summed E-state index contributed by atoms with van der Waals surface area (Å²) in [5.41, 5.74) is 0. The van der Waals surface area contributed by atoms with Gasteiger partial charge in [0.25, 0.3) is 0 Å². The van der Waals surface area contributed by atoms with Crippen LogP contribution in [0.2, 0.25) is 0 Å². The van der Waals surface area contributed by atoms with Crippen LogP contribution < -0.4 is 0 Å². The molecule has 0 radical (unpaired) electrons. The number of aliphatic carboxylic acids is 1. The maximum absolute atomic E-state index is 10.7. The van der Waals surface area contributed by atoms with E-state index in [1.54, 1.807) is 6.92 Å². The number of ether oxygens (including phenoxy) is 2. The van der Waals surface area contributed by atoms with Crippen LogP contribution in [0, 0.1) is 5.92 Å². The summed E-state index contributed by atoms with van der Waals surface area (Å²) in [5, 5.41) is 8.78. The third-order valence-electron chi connectivity index (χ3n) is 2.30. The van der Waals surface area contributed by atoms with Crippen LogP contribution in [0.5, 0.6) is 0 Å². The van der Waals surface area contributed by atoms with Crippen molar-refractivity contribution in [1.82, 2.24) is 0 Å². The summed E-state index contributed by atoms with van der Waals surface area (Å²) < 4.78 is 10.6. The van der Waals surface area contributed by atoms with E-state index >= 15 is 0 Å². The van der Waals surface area contributed by atoms with Crippen LogP contribution in [-0.4, -0.2) is 30.1 Å². The fraction of sp³-hybridized carbons (Fsp3) is 0.875. The molecule has 0 spiro atoms. The molecular weight excluding hydrogens is 160 g/mol. The van der Waals surface area contributed by atoms with E-state index in [1.165, 1.54) is 0 Å². The maximum Gasteiger partial charge on any atom is 0.311 e. The Labute approximate surface area is 71.5 Å². The lowest BCUT2D eigenvalue weighted by Gasteiger charge is -2.29. The fourth-order valence-corrected chi connectivity index (χ4v) is 1.42. The van der Waals surface area contributed by atoms with E-state index in [4.69, 9.17) is 14.6 Å². The molecule has 0 aromatic carbocycles. The Morgan fingerprint density at radius 1 is 1.58 bits per heavy atom. The van der Waals surface area contributed by atoms with Crippen molar-refractivity contribution in [2.45, 2.75) is 26.1 Å². The van der Waals surface area contributed by atoms with E-state index in [-0.39, 0.29) is 0 Å². The van der Waals surface area contributed by atoms with Crippen molar-refractivity contribution in [3.05, 3.63) is 0 Å². The number of carboxylic acid groups (broad SMARTS) is 1. The van der Waals surface area contributed by atoms with Gasteiger partial charge < -0.3 is 14.6 Å². The molecule has 0 bridgehead atoms. The molecule has 4 nitrogen and oxygen atoms in total. The number of carboxylic acids is 1. The molecule has 0 aromatic heterocycles. The van der Waals surface area contributed by atoms with Gasteiger partial charge in [0.2, 0.25) is 0 Å². The van der Waals surface area contributed by atoms with Gasteiger partial charge in [-0.05, 0) is 13.3 Å². The highest BCUT2D eigenvalue weighted by Gasteiger charge is 2.44. The Hall–Kier alpha value is -0.610. The third kappa shape index (κ3) is 1.44. The van der Waals surface area contributed by atoms with E-state index < -0.39 is 17.7 Å². The van der Waals surface area contributed by atoms with Gasteiger partial charge in [0, 0.05) is 0 Å². The first-order valence-electron chi connectivity index (χ1n) is 4.13. The highest BCUT2D eigenvalue weighted by molar-refractivity contribution is 5.70. The van der Waals surface area contributed by atoms with E-state index in [9.17, 15) is 4.79 Å². The van der Waals surface area contributed by atoms with Crippen LogP contribution in [0.1, 0.15) is 20.3 Å². The summed E-state index contributed by atoms with van der Waals surface area (Å²) in [6, 6.07) is 0. The van der Waals surface area contributed by atoms with Gasteiger partial charge in [-0.3, -0.25) is 4.79 Å². The lowest BCUT2D eigenvalue weighted by molar-refractivity contribution is -0.204. The quantitative estimate of drug-likeness (QED) is 0.689. The van der Waals surface area contributed by atoms with Crippen LogP contribution in [0.3, 0.4) is 0 Å². The summed E-state index contributed by atoms with van der Waals surface area (Å²) in [6.45, 7) is 4.46. The highest BCUT2D eigenvalue weighted by Crippen LogP contribution is 2.31. The molecular formula is C8H14O4. The molecule has 1 saturated heterocycles. The molecule has 1 rings (SSSR count). The van der Waals surface area contributed by atoms with Gasteiger partial charge in [-0.25, -0.2) is 0 Å². The summed E-state index contributed by atoms with van der Waals surface area (Å²) in [5.74, 6) is -2.37. The molecule has 1 N–H and O–H groups in total. The first-order chi connectivity index (χ1) is 5.62. The van der Waals surface area contributed by atoms with E-state index in [1.807, 2.05) is 6.92 Å². The maximum atomic E-state index is 10.7. The Bertz CT molecular complexity index is 172. The van der Waals surface area contributed by atoms with Gasteiger partial charge in [0.15, 0.2) is 5.79 Å². The lowest BCUT2D eigenvalue weighted by atomic mass is 9.98. The molecule has 0 saturated carbocycles. The standard InChI is InChI=1S/C8H14O4/c1-3-8(6(2)7(9)10)11-4-5-12-8/h6H,3-5H2,1-2H3,(H,9,10). The van der Waals surface area contributed by atoms with Crippen molar-refractivity contribution in [2.75, 3.05) is 13.2 Å². The number of carbonyl (C=O) groups is 1. The third-order valence-corrected chi connectivity index (χ3v) is 2.30. The SMILES string of the molecule is CCC1(C(C)C(=O)O)OCCO1. The molecule has 1 aliphatic heterocycles. The molecule has 70 valence electrons. The van der Waals surface area contributed by atoms with Crippen molar-refractivity contribution in [1.29, 1.82) is 0 Å². The van der Waals surface area contributed by atoms with Gasteiger partial charge in [-0.15, -0.1) is 0 Å². The zero-order valence-electron chi connectivity index (χ0n) is 7.37. The summed E-state index contributed by atoms with van der Waals surface area (Å²) >= 11 is 0. The summed E-state index contributed by atoms with van der Waals surface area (Å²) in [7, 11) is 0. The van der Waals surface area contributed by atoms with Gasteiger partial charge >= 0.3 is 5.97 Å². The zero-order valence-corrected chi connectivity index (χ0v) is 7.37. The monoisotopic (exact) mass is 174 g/mol. The average Bonchev–Trinajstić information content (AvgIpc) is 2.52. The van der Waals surface area contributed by atoms with Gasteiger partial charge in [0.05, 0.1) is 13.2 Å². The van der Waals surface area contributed by atoms with Crippen molar-refractivity contribution in [3.63, 3.8) is 0 Å².